The van der Waals surface area contributed by atoms with Gasteiger partial charge in [-0.05, 0) is 52.2 Å². The molecular formula is C13H28N2O2S. The minimum Gasteiger partial charge on any atom is -0.444 e. The Morgan fingerprint density at radius 3 is 2.61 bits per heavy atom. The second kappa shape index (κ2) is 9.50. The third-order valence-electron chi connectivity index (χ3n) is 2.11. The summed E-state index contributed by atoms with van der Waals surface area (Å²) in [7, 11) is 0. The van der Waals surface area contributed by atoms with Crippen LogP contribution in [0.4, 0.5) is 4.79 Å². The van der Waals surface area contributed by atoms with E-state index in [1.54, 1.807) is 0 Å². The van der Waals surface area contributed by atoms with Crippen molar-refractivity contribution in [2.75, 3.05) is 24.6 Å². The lowest BCUT2D eigenvalue weighted by molar-refractivity contribution is 0.0523. The summed E-state index contributed by atoms with van der Waals surface area (Å²) >= 11 is 1.95. The fourth-order valence-corrected chi connectivity index (χ4v) is 1.93. The quantitative estimate of drug-likeness (QED) is 0.669. The summed E-state index contributed by atoms with van der Waals surface area (Å²) in [6, 6.07) is 0.268. The van der Waals surface area contributed by atoms with Gasteiger partial charge in [0.1, 0.15) is 5.60 Å². The molecule has 0 bridgehead atoms. The molecule has 0 aliphatic heterocycles. The number of hydrogen-bond acceptors (Lipinski definition) is 4. The number of alkyl carbamates (subject to hydrolysis) is 1. The Labute approximate surface area is 116 Å². The van der Waals surface area contributed by atoms with Gasteiger partial charge in [-0.15, -0.1) is 0 Å². The molecule has 0 aliphatic carbocycles. The van der Waals surface area contributed by atoms with Gasteiger partial charge < -0.3 is 15.4 Å². The van der Waals surface area contributed by atoms with Gasteiger partial charge in [-0.25, -0.2) is 4.79 Å². The number of amides is 1. The molecule has 4 nitrogen and oxygen atoms in total. The van der Waals surface area contributed by atoms with Gasteiger partial charge in [0.2, 0.25) is 0 Å². The first-order valence-corrected chi connectivity index (χ1v) is 7.78. The van der Waals surface area contributed by atoms with E-state index in [2.05, 4.69) is 24.5 Å². The number of carbonyl (C=O) groups excluding carboxylic acids is 1. The van der Waals surface area contributed by atoms with Crippen LogP contribution in [-0.4, -0.2) is 42.3 Å². The van der Waals surface area contributed by atoms with Gasteiger partial charge in [0.15, 0.2) is 0 Å². The Morgan fingerprint density at radius 1 is 1.39 bits per heavy atom. The normalized spacial score (nSPS) is 13.2. The summed E-state index contributed by atoms with van der Waals surface area (Å²) in [5, 5.41) is 6.14. The molecule has 108 valence electrons. The molecule has 2 N–H and O–H groups in total. The van der Waals surface area contributed by atoms with Gasteiger partial charge in [-0.1, -0.05) is 6.92 Å². The molecule has 0 aromatic heterocycles. The average Bonchev–Trinajstić information content (AvgIpc) is 2.24. The molecule has 0 rings (SSSR count). The van der Waals surface area contributed by atoms with Crippen LogP contribution in [0.3, 0.4) is 0 Å². The minimum absolute atomic E-state index is 0.268. The van der Waals surface area contributed by atoms with Crippen LogP contribution in [0.25, 0.3) is 0 Å². The summed E-state index contributed by atoms with van der Waals surface area (Å²) in [6.07, 6.45) is 0.813. The highest BCUT2D eigenvalue weighted by Crippen LogP contribution is 2.06. The molecule has 1 atom stereocenters. The summed E-state index contributed by atoms with van der Waals surface area (Å²) in [5.41, 5.74) is -0.432. The van der Waals surface area contributed by atoms with E-state index in [4.69, 9.17) is 4.74 Å². The molecule has 0 aliphatic rings. The first kappa shape index (κ1) is 17.6. The van der Waals surface area contributed by atoms with E-state index < -0.39 is 5.60 Å². The topological polar surface area (TPSA) is 50.4 Å². The maximum Gasteiger partial charge on any atom is 0.407 e. The number of hydrogen-bond donors (Lipinski definition) is 2. The number of rotatable bonds is 8. The smallest absolute Gasteiger partial charge is 0.407 e. The SMILES string of the molecule is CCSCCCNC(C)CNC(=O)OC(C)(C)C. The summed E-state index contributed by atoms with van der Waals surface area (Å²) in [5.74, 6) is 2.37. The van der Waals surface area contributed by atoms with E-state index in [9.17, 15) is 4.79 Å². The lowest BCUT2D eigenvalue weighted by Gasteiger charge is -2.21. The Kier molecular flexibility index (Phi) is 9.28. The molecule has 1 amide bonds. The molecule has 5 heteroatoms. The zero-order valence-corrected chi connectivity index (χ0v) is 13.2. The number of thioether (sulfide) groups is 1. The minimum atomic E-state index is -0.432. The number of carbonyl (C=O) groups is 1. The van der Waals surface area contributed by atoms with Crippen LogP contribution in [0.5, 0.6) is 0 Å². The molecule has 0 heterocycles. The largest absolute Gasteiger partial charge is 0.444 e. The zero-order valence-electron chi connectivity index (χ0n) is 12.3. The second-order valence-corrected chi connectivity index (χ2v) is 6.68. The molecule has 0 spiro atoms. The van der Waals surface area contributed by atoms with E-state index >= 15 is 0 Å². The highest BCUT2D eigenvalue weighted by atomic mass is 32.2. The van der Waals surface area contributed by atoms with Crippen molar-refractivity contribution in [1.82, 2.24) is 10.6 Å². The van der Waals surface area contributed by atoms with Crippen LogP contribution in [0.15, 0.2) is 0 Å². The standard InChI is InChI=1S/C13H28N2O2S/c1-6-18-9-7-8-14-11(2)10-15-12(16)17-13(3,4)5/h11,14H,6-10H2,1-5H3,(H,15,16). The highest BCUT2D eigenvalue weighted by Gasteiger charge is 2.16. The highest BCUT2D eigenvalue weighted by molar-refractivity contribution is 7.99. The van der Waals surface area contributed by atoms with Crippen molar-refractivity contribution >= 4 is 17.9 Å². The summed E-state index contributed by atoms with van der Waals surface area (Å²) < 4.78 is 5.16. The third-order valence-corrected chi connectivity index (χ3v) is 3.10. The Morgan fingerprint density at radius 2 is 2.06 bits per heavy atom. The van der Waals surface area contributed by atoms with E-state index in [0.717, 1.165) is 13.0 Å². The van der Waals surface area contributed by atoms with Crippen LogP contribution in [0.2, 0.25) is 0 Å². The maximum absolute atomic E-state index is 11.4. The van der Waals surface area contributed by atoms with Gasteiger partial charge in [0.05, 0.1) is 0 Å². The van der Waals surface area contributed by atoms with Crippen LogP contribution in [0, 0.1) is 0 Å². The molecule has 0 saturated heterocycles. The first-order valence-electron chi connectivity index (χ1n) is 6.63. The van der Waals surface area contributed by atoms with Crippen molar-refractivity contribution in [3.63, 3.8) is 0 Å². The molecule has 0 fully saturated rings. The van der Waals surface area contributed by atoms with Crippen LogP contribution in [-0.2, 0) is 4.74 Å². The van der Waals surface area contributed by atoms with E-state index in [1.807, 2.05) is 32.5 Å². The van der Waals surface area contributed by atoms with Crippen molar-refractivity contribution in [3.8, 4) is 0 Å². The van der Waals surface area contributed by atoms with Crippen molar-refractivity contribution in [2.45, 2.75) is 52.7 Å². The van der Waals surface area contributed by atoms with Crippen LogP contribution < -0.4 is 10.6 Å². The molecular weight excluding hydrogens is 248 g/mol. The third kappa shape index (κ3) is 12.0. The zero-order chi connectivity index (χ0) is 14.0. The van der Waals surface area contributed by atoms with E-state index in [0.29, 0.717) is 6.54 Å². The van der Waals surface area contributed by atoms with Gasteiger partial charge in [0, 0.05) is 12.6 Å². The number of ether oxygens (including phenoxy) is 1. The molecule has 0 radical (unpaired) electrons. The Bertz CT molecular complexity index is 230. The molecule has 0 aromatic carbocycles. The summed E-state index contributed by atoms with van der Waals surface area (Å²) in [4.78, 5) is 11.4. The van der Waals surface area contributed by atoms with Crippen molar-refractivity contribution in [1.29, 1.82) is 0 Å². The van der Waals surface area contributed by atoms with Crippen LogP contribution in [0.1, 0.15) is 41.0 Å². The lowest BCUT2D eigenvalue weighted by atomic mass is 10.2. The Hall–Kier alpha value is -0.420. The molecule has 1 unspecified atom stereocenters. The van der Waals surface area contributed by atoms with Crippen molar-refractivity contribution in [2.24, 2.45) is 0 Å². The van der Waals surface area contributed by atoms with Crippen molar-refractivity contribution in [3.05, 3.63) is 0 Å². The van der Waals surface area contributed by atoms with E-state index in [-0.39, 0.29) is 12.1 Å². The second-order valence-electron chi connectivity index (χ2n) is 5.29. The monoisotopic (exact) mass is 276 g/mol. The predicted octanol–water partition coefficient (Wildman–Crippen LogP) is 2.63. The van der Waals surface area contributed by atoms with Gasteiger partial charge in [-0.3, -0.25) is 0 Å². The average molecular weight is 276 g/mol. The maximum atomic E-state index is 11.4. The molecule has 18 heavy (non-hydrogen) atoms. The number of nitrogens with one attached hydrogen (secondary N) is 2. The van der Waals surface area contributed by atoms with Crippen LogP contribution >= 0.6 is 11.8 Å². The fourth-order valence-electron chi connectivity index (χ4n) is 1.29. The van der Waals surface area contributed by atoms with Gasteiger partial charge in [-0.2, -0.15) is 11.8 Å². The summed E-state index contributed by atoms with van der Waals surface area (Å²) in [6.45, 7) is 11.4. The molecule has 0 aromatic rings. The predicted molar refractivity (Wildman–Crippen MR) is 79.3 cm³/mol. The lowest BCUT2D eigenvalue weighted by Crippen LogP contribution is -2.41. The Balaban J connectivity index is 3.52. The first-order chi connectivity index (χ1) is 8.35. The fraction of sp³-hybridized carbons (Fsp3) is 0.923. The van der Waals surface area contributed by atoms with Gasteiger partial charge in [0.25, 0.3) is 0 Å². The van der Waals surface area contributed by atoms with Crippen molar-refractivity contribution < 1.29 is 9.53 Å². The molecule has 0 saturated carbocycles. The van der Waals surface area contributed by atoms with Gasteiger partial charge >= 0.3 is 6.09 Å². The van der Waals surface area contributed by atoms with E-state index in [1.165, 1.54) is 11.5 Å².